The molecule has 100 valence electrons. The molecule has 0 aliphatic carbocycles. The van der Waals surface area contributed by atoms with Gasteiger partial charge in [0.05, 0.1) is 10.7 Å². The van der Waals surface area contributed by atoms with Crippen LogP contribution in [0.3, 0.4) is 0 Å². The molecule has 1 aliphatic rings. The van der Waals surface area contributed by atoms with E-state index in [2.05, 4.69) is 27.2 Å². The molecule has 2 aromatic rings. The largest absolute Gasteiger partial charge is 0.370 e. The van der Waals surface area contributed by atoms with Gasteiger partial charge in [0.25, 0.3) is 0 Å². The molecule has 3 rings (SSSR count). The minimum absolute atomic E-state index is 0.754. The van der Waals surface area contributed by atoms with Gasteiger partial charge in [-0.25, -0.2) is 15.0 Å². The van der Waals surface area contributed by atoms with Crippen molar-refractivity contribution in [2.24, 2.45) is 0 Å². The number of thioether (sulfide) groups is 1. The van der Waals surface area contributed by atoms with Crippen LogP contribution < -0.4 is 5.32 Å². The maximum atomic E-state index is 4.68. The highest BCUT2D eigenvalue weighted by Gasteiger charge is 2.20. The molecule has 0 aromatic carbocycles. The predicted octanol–water partition coefficient (Wildman–Crippen LogP) is 3.48. The second-order valence-electron chi connectivity index (χ2n) is 4.49. The van der Waals surface area contributed by atoms with Crippen molar-refractivity contribution >= 4 is 28.9 Å². The number of aryl methyl sites for hydroxylation is 1. The number of aromatic nitrogens is 3. The Morgan fingerprint density at radius 1 is 1.26 bits per heavy atom. The number of thiazole rings is 1. The van der Waals surface area contributed by atoms with Crippen LogP contribution in [0.5, 0.6) is 0 Å². The maximum absolute atomic E-state index is 4.68. The zero-order valence-electron chi connectivity index (χ0n) is 11.1. The Morgan fingerprint density at radius 2 is 2.16 bits per heavy atom. The molecular weight excluding hydrogens is 276 g/mol. The molecular formula is C13H16N4S2. The molecule has 3 heterocycles. The summed E-state index contributed by atoms with van der Waals surface area (Å²) < 4.78 is 0. The third-order valence-electron chi connectivity index (χ3n) is 2.97. The van der Waals surface area contributed by atoms with Crippen LogP contribution >= 0.6 is 23.1 Å². The summed E-state index contributed by atoms with van der Waals surface area (Å²) in [6.45, 7) is 5.12. The Kier molecular flexibility index (Phi) is 3.70. The zero-order chi connectivity index (χ0) is 13.2. The maximum Gasteiger partial charge on any atom is 0.181 e. The highest BCUT2D eigenvalue weighted by atomic mass is 32.2. The molecule has 1 N–H and O–H groups in total. The fourth-order valence-corrected chi connectivity index (χ4v) is 3.65. The highest BCUT2D eigenvalue weighted by Crippen LogP contribution is 2.34. The average Bonchev–Trinajstić information content (AvgIpc) is 3.03. The molecule has 0 bridgehead atoms. The van der Waals surface area contributed by atoms with E-state index in [0.29, 0.717) is 0 Å². The fourth-order valence-electron chi connectivity index (χ4n) is 2.02. The quantitative estimate of drug-likeness (QED) is 0.935. The number of nitrogens with one attached hydrogen (secondary N) is 1. The zero-order valence-corrected chi connectivity index (χ0v) is 12.7. The number of anilines is 1. The molecule has 2 aromatic heterocycles. The van der Waals surface area contributed by atoms with Gasteiger partial charge < -0.3 is 5.32 Å². The molecule has 19 heavy (non-hydrogen) atoms. The van der Waals surface area contributed by atoms with E-state index in [4.69, 9.17) is 0 Å². The van der Waals surface area contributed by atoms with Gasteiger partial charge >= 0.3 is 0 Å². The highest BCUT2D eigenvalue weighted by molar-refractivity contribution is 7.98. The van der Waals surface area contributed by atoms with Crippen LogP contribution in [0, 0.1) is 6.92 Å². The molecule has 0 spiro atoms. The summed E-state index contributed by atoms with van der Waals surface area (Å²) in [5, 5.41) is 6.51. The summed E-state index contributed by atoms with van der Waals surface area (Å²) in [6, 6.07) is 0. The third kappa shape index (κ3) is 2.60. The number of hydrogen-bond acceptors (Lipinski definition) is 6. The van der Waals surface area contributed by atoms with Crippen molar-refractivity contribution in [1.82, 2.24) is 15.0 Å². The third-order valence-corrected chi connectivity index (χ3v) is 4.71. The summed E-state index contributed by atoms with van der Waals surface area (Å²) >= 11 is 3.54. The van der Waals surface area contributed by atoms with Gasteiger partial charge in [-0.2, -0.15) is 11.8 Å². The van der Waals surface area contributed by atoms with Crippen LogP contribution in [0.1, 0.15) is 29.6 Å². The molecule has 0 saturated carbocycles. The van der Waals surface area contributed by atoms with Gasteiger partial charge in [0.15, 0.2) is 5.82 Å². The van der Waals surface area contributed by atoms with Gasteiger partial charge in [-0.3, -0.25) is 0 Å². The van der Waals surface area contributed by atoms with Crippen molar-refractivity contribution in [3.63, 3.8) is 0 Å². The van der Waals surface area contributed by atoms with Crippen LogP contribution in [-0.4, -0.2) is 21.5 Å². The normalized spacial score (nSPS) is 13.6. The first-order chi connectivity index (χ1) is 9.28. The fraction of sp³-hybridized carbons (Fsp3) is 0.462. The van der Waals surface area contributed by atoms with E-state index in [1.165, 1.54) is 11.3 Å². The number of rotatable bonds is 4. The number of nitrogens with zero attached hydrogens (tertiary/aromatic N) is 3. The molecule has 0 atom stereocenters. The lowest BCUT2D eigenvalue weighted by Gasteiger charge is -2.10. The lowest BCUT2D eigenvalue weighted by atomic mass is 10.2. The van der Waals surface area contributed by atoms with E-state index in [-0.39, 0.29) is 0 Å². The summed E-state index contributed by atoms with van der Waals surface area (Å²) in [4.78, 5) is 13.8. The van der Waals surface area contributed by atoms with Crippen molar-refractivity contribution in [2.75, 3.05) is 11.9 Å². The Morgan fingerprint density at radius 3 is 2.89 bits per heavy atom. The van der Waals surface area contributed by atoms with Crippen LogP contribution in [0.2, 0.25) is 0 Å². The van der Waals surface area contributed by atoms with Crippen molar-refractivity contribution in [1.29, 1.82) is 0 Å². The molecule has 0 saturated heterocycles. The first-order valence-corrected chi connectivity index (χ1v) is 8.45. The van der Waals surface area contributed by atoms with Crippen LogP contribution in [0.25, 0.3) is 11.5 Å². The topological polar surface area (TPSA) is 50.7 Å². The molecule has 0 fully saturated rings. The lowest BCUT2D eigenvalue weighted by molar-refractivity contribution is 0.954. The first kappa shape index (κ1) is 12.9. The Bertz CT molecular complexity index is 594. The molecule has 1 aliphatic heterocycles. The van der Waals surface area contributed by atoms with Gasteiger partial charge in [0, 0.05) is 29.0 Å². The molecule has 0 radical (unpaired) electrons. The van der Waals surface area contributed by atoms with Gasteiger partial charge in [-0.05, 0) is 13.3 Å². The summed E-state index contributed by atoms with van der Waals surface area (Å²) in [5.74, 6) is 3.74. The Balaban J connectivity index is 2.02. The summed E-state index contributed by atoms with van der Waals surface area (Å²) in [6.07, 6.45) is 1.09. The summed E-state index contributed by atoms with van der Waals surface area (Å²) in [7, 11) is 0. The van der Waals surface area contributed by atoms with E-state index in [1.54, 1.807) is 11.3 Å². The second kappa shape index (κ2) is 5.46. The Labute approximate surface area is 121 Å². The number of hydrogen-bond donors (Lipinski definition) is 1. The first-order valence-electron chi connectivity index (χ1n) is 6.42. The van der Waals surface area contributed by atoms with E-state index >= 15 is 0 Å². The monoisotopic (exact) mass is 292 g/mol. The SMILES string of the molecule is CCCNc1nc(-c2csc(C)n2)nc2c1CSC2. The smallest absolute Gasteiger partial charge is 0.181 e. The van der Waals surface area contributed by atoms with Gasteiger partial charge in [-0.1, -0.05) is 6.92 Å². The van der Waals surface area contributed by atoms with Gasteiger partial charge in [0.1, 0.15) is 11.5 Å². The summed E-state index contributed by atoms with van der Waals surface area (Å²) in [5.41, 5.74) is 3.33. The van der Waals surface area contributed by atoms with E-state index in [9.17, 15) is 0 Å². The van der Waals surface area contributed by atoms with Crippen molar-refractivity contribution in [3.8, 4) is 11.5 Å². The van der Waals surface area contributed by atoms with Crippen LogP contribution in [0.15, 0.2) is 5.38 Å². The van der Waals surface area contributed by atoms with Crippen molar-refractivity contribution < 1.29 is 0 Å². The van der Waals surface area contributed by atoms with E-state index in [1.807, 2.05) is 24.1 Å². The predicted molar refractivity (Wildman–Crippen MR) is 81.7 cm³/mol. The standard InChI is InChI=1S/C13H16N4S2/c1-3-4-14-12-9-5-18-6-10(9)16-13(17-12)11-7-19-8(2)15-11/h7H,3-6H2,1-2H3,(H,14,16,17). The minimum atomic E-state index is 0.754. The van der Waals surface area contributed by atoms with Crippen molar-refractivity contribution in [2.45, 2.75) is 31.8 Å². The molecule has 0 amide bonds. The van der Waals surface area contributed by atoms with E-state index < -0.39 is 0 Å². The molecule has 6 heteroatoms. The van der Waals surface area contributed by atoms with Crippen molar-refractivity contribution in [3.05, 3.63) is 21.6 Å². The van der Waals surface area contributed by atoms with Crippen LogP contribution in [0.4, 0.5) is 5.82 Å². The van der Waals surface area contributed by atoms with Gasteiger partial charge in [-0.15, -0.1) is 11.3 Å². The second-order valence-corrected chi connectivity index (χ2v) is 6.54. The van der Waals surface area contributed by atoms with E-state index in [0.717, 1.165) is 46.8 Å². The van der Waals surface area contributed by atoms with Crippen LogP contribution in [-0.2, 0) is 11.5 Å². The average molecular weight is 292 g/mol. The Hall–Kier alpha value is -1.14. The molecule has 0 unspecified atom stereocenters. The lowest BCUT2D eigenvalue weighted by Crippen LogP contribution is -2.08. The van der Waals surface area contributed by atoms with Gasteiger partial charge in [0.2, 0.25) is 0 Å². The number of fused-ring (bicyclic) bond motifs is 1. The minimum Gasteiger partial charge on any atom is -0.370 e. The molecule has 4 nitrogen and oxygen atoms in total.